The van der Waals surface area contributed by atoms with Gasteiger partial charge >= 0.3 is 0 Å². The van der Waals surface area contributed by atoms with Gasteiger partial charge < -0.3 is 10.0 Å². The minimum absolute atomic E-state index is 0.0494. The van der Waals surface area contributed by atoms with Gasteiger partial charge in [-0.2, -0.15) is 0 Å². The molecule has 3 nitrogen and oxygen atoms in total. The number of amidine groups is 1. The number of benzene rings is 3. The fourth-order valence-corrected chi connectivity index (χ4v) is 4.00. The maximum Gasteiger partial charge on any atom is 0.169 e. The minimum atomic E-state index is -0.463. The van der Waals surface area contributed by atoms with Gasteiger partial charge in [0.2, 0.25) is 0 Å². The molecule has 3 aromatic rings. The molecule has 3 rings (SSSR count). The lowest BCUT2D eigenvalue weighted by atomic mass is 10.2. The molecule has 0 radical (unpaired) electrons. The number of nitrogens with zero attached hydrogens (tertiary/aromatic N) is 2. The number of hydrogen-bond donors (Lipinski definition) is 1. The second-order valence-electron chi connectivity index (χ2n) is 6.85. The summed E-state index contributed by atoms with van der Waals surface area (Å²) in [5.41, 5.74) is 1.59. The summed E-state index contributed by atoms with van der Waals surface area (Å²) >= 11 is 7.53. The van der Waals surface area contributed by atoms with Crippen LogP contribution < -0.4 is 0 Å². The highest BCUT2D eigenvalue weighted by atomic mass is 35.5. The standard InChI is InChI=1S/C24H24ClFN2OS/c1-2-3-14-28(17-18-8-7-9-20(29)15-18)24(30-21-10-5-4-6-11-21)27-19-12-13-23(26)22(25)16-19/h4-13,15-16,29H,2-3,14,17H2,1H3. The van der Waals surface area contributed by atoms with E-state index in [0.717, 1.165) is 35.0 Å². The highest BCUT2D eigenvalue weighted by Crippen LogP contribution is 2.28. The third-order valence-corrected chi connectivity index (χ3v) is 5.75. The second-order valence-corrected chi connectivity index (χ2v) is 8.30. The molecular weight excluding hydrogens is 419 g/mol. The number of hydrogen-bond acceptors (Lipinski definition) is 3. The molecule has 3 aromatic carbocycles. The average Bonchev–Trinajstić information content (AvgIpc) is 2.74. The SMILES string of the molecule is CCCCN(Cc1cccc(O)c1)C(=Nc1ccc(F)c(Cl)c1)Sc1ccccc1. The Kier molecular flexibility index (Phi) is 8.17. The molecule has 156 valence electrons. The summed E-state index contributed by atoms with van der Waals surface area (Å²) < 4.78 is 13.6. The van der Waals surface area contributed by atoms with Crippen LogP contribution in [0.3, 0.4) is 0 Å². The van der Waals surface area contributed by atoms with Crippen LogP contribution in [0.1, 0.15) is 25.3 Å². The fourth-order valence-electron chi connectivity index (χ4n) is 2.88. The molecular formula is C24H24ClFN2OS. The molecule has 30 heavy (non-hydrogen) atoms. The van der Waals surface area contributed by atoms with Crippen LogP contribution in [0, 0.1) is 5.82 Å². The van der Waals surface area contributed by atoms with Crippen LogP contribution in [-0.2, 0) is 6.54 Å². The van der Waals surface area contributed by atoms with E-state index in [2.05, 4.69) is 11.8 Å². The third-order valence-electron chi connectivity index (χ3n) is 4.42. The van der Waals surface area contributed by atoms with Crippen molar-refractivity contribution in [3.05, 3.63) is 89.2 Å². The number of halogens is 2. The molecule has 0 heterocycles. The molecule has 0 fully saturated rings. The molecule has 6 heteroatoms. The lowest BCUT2D eigenvalue weighted by molar-refractivity contribution is 0.407. The summed E-state index contributed by atoms with van der Waals surface area (Å²) in [7, 11) is 0. The first-order valence-electron chi connectivity index (χ1n) is 9.84. The molecule has 0 saturated heterocycles. The van der Waals surface area contributed by atoms with Crippen molar-refractivity contribution in [3.63, 3.8) is 0 Å². The number of aliphatic imine (C=N–C) groups is 1. The Labute approximate surface area is 186 Å². The minimum Gasteiger partial charge on any atom is -0.508 e. The van der Waals surface area contributed by atoms with Crippen molar-refractivity contribution < 1.29 is 9.50 Å². The molecule has 0 aliphatic heterocycles. The summed E-state index contributed by atoms with van der Waals surface area (Å²) in [6, 6.07) is 21.7. The number of rotatable bonds is 7. The molecule has 0 amide bonds. The predicted octanol–water partition coefficient (Wildman–Crippen LogP) is 7.27. The molecule has 0 aliphatic rings. The van der Waals surface area contributed by atoms with Crippen molar-refractivity contribution in [2.24, 2.45) is 4.99 Å². The zero-order valence-electron chi connectivity index (χ0n) is 16.8. The molecule has 0 aromatic heterocycles. The topological polar surface area (TPSA) is 35.8 Å². The lowest BCUT2D eigenvalue weighted by Gasteiger charge is -2.26. The van der Waals surface area contributed by atoms with Gasteiger partial charge in [0.15, 0.2) is 5.17 Å². The third kappa shape index (κ3) is 6.51. The number of thioether (sulfide) groups is 1. The van der Waals surface area contributed by atoms with E-state index in [9.17, 15) is 9.50 Å². The first-order valence-corrected chi connectivity index (χ1v) is 11.0. The highest BCUT2D eigenvalue weighted by molar-refractivity contribution is 8.13. The Hall–Kier alpha value is -2.50. The van der Waals surface area contributed by atoms with Crippen molar-refractivity contribution in [3.8, 4) is 5.75 Å². The Bertz CT molecular complexity index is 998. The number of aromatic hydroxyl groups is 1. The maximum absolute atomic E-state index is 13.6. The Morgan fingerprint density at radius 1 is 1.07 bits per heavy atom. The molecule has 0 unspecified atom stereocenters. The summed E-state index contributed by atoms with van der Waals surface area (Å²) in [5.74, 6) is -0.224. The van der Waals surface area contributed by atoms with Gasteiger partial charge in [-0.3, -0.25) is 0 Å². The van der Waals surface area contributed by atoms with Crippen molar-refractivity contribution in [1.29, 1.82) is 0 Å². The first kappa shape index (κ1) is 22.2. The zero-order valence-corrected chi connectivity index (χ0v) is 18.3. The molecule has 1 N–H and O–H groups in total. The zero-order chi connectivity index (χ0) is 21.3. The van der Waals surface area contributed by atoms with Gasteiger partial charge in [0.1, 0.15) is 11.6 Å². The fraction of sp³-hybridized carbons (Fsp3) is 0.208. The number of unbranched alkanes of at least 4 members (excludes halogenated alkanes) is 1. The molecule has 0 spiro atoms. The highest BCUT2D eigenvalue weighted by Gasteiger charge is 2.15. The van der Waals surface area contributed by atoms with E-state index in [-0.39, 0.29) is 10.8 Å². The molecule has 0 aliphatic carbocycles. The van der Waals surface area contributed by atoms with Crippen molar-refractivity contribution in [2.75, 3.05) is 6.54 Å². The summed E-state index contributed by atoms with van der Waals surface area (Å²) in [6.07, 6.45) is 2.04. The van der Waals surface area contributed by atoms with E-state index in [4.69, 9.17) is 16.6 Å². The van der Waals surface area contributed by atoms with Gasteiger partial charge in [-0.1, -0.05) is 67.0 Å². The van der Waals surface area contributed by atoms with Gasteiger partial charge in [-0.15, -0.1) is 0 Å². The lowest BCUT2D eigenvalue weighted by Crippen LogP contribution is -2.29. The van der Waals surface area contributed by atoms with Crippen LogP contribution in [-0.4, -0.2) is 21.7 Å². The summed E-state index contributed by atoms with van der Waals surface area (Å²) in [5, 5.41) is 10.7. The van der Waals surface area contributed by atoms with Crippen molar-refractivity contribution in [1.82, 2.24) is 4.90 Å². The van der Waals surface area contributed by atoms with Crippen LogP contribution >= 0.6 is 23.4 Å². The quantitative estimate of drug-likeness (QED) is 0.237. The van der Waals surface area contributed by atoms with Crippen LogP contribution in [0.15, 0.2) is 82.7 Å². The van der Waals surface area contributed by atoms with Gasteiger partial charge in [0.25, 0.3) is 0 Å². The van der Waals surface area contributed by atoms with Gasteiger partial charge in [-0.05, 0) is 54.4 Å². The average molecular weight is 443 g/mol. The molecule has 0 saturated carbocycles. The van der Waals surface area contributed by atoms with Gasteiger partial charge in [0, 0.05) is 18.0 Å². The monoisotopic (exact) mass is 442 g/mol. The Morgan fingerprint density at radius 2 is 1.87 bits per heavy atom. The van der Waals surface area contributed by atoms with Crippen LogP contribution in [0.4, 0.5) is 10.1 Å². The van der Waals surface area contributed by atoms with Crippen molar-refractivity contribution >= 4 is 34.2 Å². The van der Waals surface area contributed by atoms with Gasteiger partial charge in [-0.25, -0.2) is 9.38 Å². The van der Waals surface area contributed by atoms with Gasteiger partial charge in [0.05, 0.1) is 10.7 Å². The van der Waals surface area contributed by atoms with E-state index in [0.29, 0.717) is 12.2 Å². The van der Waals surface area contributed by atoms with Crippen molar-refractivity contribution in [2.45, 2.75) is 31.2 Å². The van der Waals surface area contributed by atoms with E-state index in [1.54, 1.807) is 30.0 Å². The molecule has 0 bridgehead atoms. The Morgan fingerprint density at radius 3 is 2.57 bits per heavy atom. The summed E-state index contributed by atoms with van der Waals surface area (Å²) in [6.45, 7) is 3.55. The normalized spacial score (nSPS) is 11.5. The van der Waals surface area contributed by atoms with Crippen LogP contribution in [0.25, 0.3) is 0 Å². The largest absolute Gasteiger partial charge is 0.508 e. The number of phenolic OH excluding ortho intramolecular Hbond substituents is 1. The van der Waals surface area contributed by atoms with Crippen LogP contribution in [0.5, 0.6) is 5.75 Å². The number of phenols is 1. The smallest absolute Gasteiger partial charge is 0.169 e. The Balaban J connectivity index is 1.98. The summed E-state index contributed by atoms with van der Waals surface area (Å²) in [4.78, 5) is 8.06. The van der Waals surface area contributed by atoms with Crippen LogP contribution in [0.2, 0.25) is 5.02 Å². The maximum atomic E-state index is 13.6. The second kappa shape index (κ2) is 11.0. The predicted molar refractivity (Wildman–Crippen MR) is 124 cm³/mol. The van der Waals surface area contributed by atoms with E-state index >= 15 is 0 Å². The first-order chi connectivity index (χ1) is 14.5. The van der Waals surface area contributed by atoms with E-state index in [1.807, 2.05) is 42.5 Å². The van der Waals surface area contributed by atoms with E-state index < -0.39 is 5.82 Å². The molecule has 0 atom stereocenters. The van der Waals surface area contributed by atoms with E-state index in [1.165, 1.54) is 12.1 Å².